The second-order valence-electron chi connectivity index (χ2n) is 7.07. The van der Waals surface area contributed by atoms with Gasteiger partial charge in [0.1, 0.15) is 6.04 Å². The Balaban J connectivity index is 1.70. The predicted molar refractivity (Wildman–Crippen MR) is 111 cm³/mol. The van der Waals surface area contributed by atoms with Crippen molar-refractivity contribution in [2.75, 3.05) is 7.11 Å². The van der Waals surface area contributed by atoms with Crippen LogP contribution in [0.1, 0.15) is 28.7 Å². The maximum atomic E-state index is 13.0. The molecule has 3 aromatic carbocycles. The highest BCUT2D eigenvalue weighted by atomic mass is 16.5. The smallest absolute Gasteiger partial charge is 0.254 e. The highest BCUT2D eigenvalue weighted by Crippen LogP contribution is 2.46. The van der Waals surface area contributed by atoms with E-state index in [2.05, 4.69) is 5.32 Å². The number of ether oxygens (including phenoxy) is 1. The molecule has 0 spiro atoms. The van der Waals surface area contributed by atoms with Crippen LogP contribution in [0, 0.1) is 0 Å². The molecule has 3 N–H and O–H groups in total. The zero-order valence-electron chi connectivity index (χ0n) is 16.0. The van der Waals surface area contributed by atoms with E-state index < -0.39 is 24.0 Å². The second kappa shape index (κ2) is 7.89. The molecule has 0 fully saturated rings. The zero-order valence-corrected chi connectivity index (χ0v) is 16.0. The van der Waals surface area contributed by atoms with Gasteiger partial charge in [0.2, 0.25) is 5.91 Å². The largest absolute Gasteiger partial charge is 0.368 e. The van der Waals surface area contributed by atoms with Crippen LogP contribution in [0.4, 0.5) is 0 Å². The van der Waals surface area contributed by atoms with E-state index in [1.54, 1.807) is 0 Å². The van der Waals surface area contributed by atoms with Gasteiger partial charge in [0.05, 0.1) is 0 Å². The number of primary amides is 1. The number of fused-ring (bicyclic) bond motifs is 3. The first-order chi connectivity index (χ1) is 14.1. The number of methoxy groups -OCH3 is 1. The van der Waals surface area contributed by atoms with Crippen LogP contribution in [0.5, 0.6) is 0 Å². The number of nitrogens with one attached hydrogen (secondary N) is 1. The molecule has 5 nitrogen and oxygen atoms in total. The first kappa shape index (κ1) is 18.9. The lowest BCUT2D eigenvalue weighted by Crippen LogP contribution is -2.49. The topological polar surface area (TPSA) is 81.4 Å². The van der Waals surface area contributed by atoms with Gasteiger partial charge in [-0.15, -0.1) is 0 Å². The van der Waals surface area contributed by atoms with E-state index in [1.165, 1.54) is 7.11 Å². The van der Waals surface area contributed by atoms with E-state index in [4.69, 9.17) is 10.5 Å². The summed E-state index contributed by atoms with van der Waals surface area (Å²) in [5.74, 6) is -1.33. The minimum atomic E-state index is -0.895. The molecule has 0 radical (unpaired) electrons. The van der Waals surface area contributed by atoms with E-state index in [9.17, 15) is 9.59 Å². The third kappa shape index (κ3) is 3.41. The average Bonchev–Trinajstić information content (AvgIpc) is 3.07. The molecule has 1 aliphatic carbocycles. The monoisotopic (exact) mass is 386 g/mol. The average molecular weight is 386 g/mol. The molecular formula is C24H22N2O3. The summed E-state index contributed by atoms with van der Waals surface area (Å²) >= 11 is 0. The second-order valence-corrected chi connectivity index (χ2v) is 7.07. The molecule has 0 bridgehead atoms. The van der Waals surface area contributed by atoms with Crippen LogP contribution in [0.25, 0.3) is 11.1 Å². The van der Waals surface area contributed by atoms with Gasteiger partial charge in [0, 0.05) is 13.0 Å². The van der Waals surface area contributed by atoms with Gasteiger partial charge < -0.3 is 15.8 Å². The van der Waals surface area contributed by atoms with E-state index >= 15 is 0 Å². The van der Waals surface area contributed by atoms with Crippen molar-refractivity contribution in [2.24, 2.45) is 5.73 Å². The maximum absolute atomic E-state index is 13.0. The Bertz CT molecular complexity index is 1000. The first-order valence-electron chi connectivity index (χ1n) is 9.47. The molecule has 29 heavy (non-hydrogen) atoms. The summed E-state index contributed by atoms with van der Waals surface area (Å²) in [4.78, 5) is 25.5. The van der Waals surface area contributed by atoms with Crippen molar-refractivity contribution < 1.29 is 14.3 Å². The van der Waals surface area contributed by atoms with Crippen LogP contribution in [0.3, 0.4) is 0 Å². The summed E-state index contributed by atoms with van der Waals surface area (Å²) in [5, 5.41) is 2.85. The Hall–Kier alpha value is -3.44. The van der Waals surface area contributed by atoms with Crippen LogP contribution < -0.4 is 11.1 Å². The fourth-order valence-corrected chi connectivity index (χ4v) is 4.12. The van der Waals surface area contributed by atoms with E-state index in [0.717, 1.165) is 22.3 Å². The maximum Gasteiger partial charge on any atom is 0.254 e. The Morgan fingerprint density at radius 1 is 0.862 bits per heavy atom. The van der Waals surface area contributed by atoms with E-state index in [-0.39, 0.29) is 5.92 Å². The molecule has 0 aromatic heterocycles. The highest BCUT2D eigenvalue weighted by molar-refractivity contribution is 5.92. The molecule has 5 heteroatoms. The molecule has 2 amide bonds. The summed E-state index contributed by atoms with van der Waals surface area (Å²) in [6, 6.07) is 24.1. The fraction of sp³-hybridized carbons (Fsp3) is 0.167. The SMILES string of the molecule is CO[C@@H](C(=O)N[C@@H](C(N)=O)C1c2ccccc2-c2ccccc21)c1ccccc1. The van der Waals surface area contributed by atoms with Gasteiger partial charge >= 0.3 is 0 Å². The summed E-state index contributed by atoms with van der Waals surface area (Å²) in [5.41, 5.74) is 10.5. The van der Waals surface area contributed by atoms with Gasteiger partial charge in [0.25, 0.3) is 5.91 Å². The van der Waals surface area contributed by atoms with E-state index in [1.807, 2.05) is 78.9 Å². The summed E-state index contributed by atoms with van der Waals surface area (Å²) in [6.07, 6.45) is -0.829. The van der Waals surface area contributed by atoms with Crippen molar-refractivity contribution >= 4 is 11.8 Å². The fourth-order valence-electron chi connectivity index (χ4n) is 4.12. The van der Waals surface area contributed by atoms with Crippen molar-refractivity contribution in [3.05, 3.63) is 95.6 Å². The zero-order chi connectivity index (χ0) is 20.4. The predicted octanol–water partition coefficient (Wildman–Crippen LogP) is 3.16. The third-order valence-electron chi connectivity index (χ3n) is 5.40. The number of benzene rings is 3. The molecule has 0 unspecified atom stereocenters. The van der Waals surface area contributed by atoms with Crippen molar-refractivity contribution in [3.63, 3.8) is 0 Å². The summed E-state index contributed by atoms with van der Waals surface area (Å²) < 4.78 is 5.42. The lowest BCUT2D eigenvalue weighted by atomic mass is 9.88. The van der Waals surface area contributed by atoms with Gasteiger partial charge in [-0.05, 0) is 27.8 Å². The number of nitrogens with two attached hydrogens (primary N) is 1. The lowest BCUT2D eigenvalue weighted by molar-refractivity contribution is -0.135. The number of amides is 2. The van der Waals surface area contributed by atoms with Crippen molar-refractivity contribution in [3.8, 4) is 11.1 Å². The van der Waals surface area contributed by atoms with Gasteiger partial charge in [-0.25, -0.2) is 0 Å². The number of hydrogen-bond acceptors (Lipinski definition) is 3. The van der Waals surface area contributed by atoms with Gasteiger partial charge in [-0.2, -0.15) is 0 Å². The highest BCUT2D eigenvalue weighted by Gasteiger charge is 2.38. The van der Waals surface area contributed by atoms with Crippen LogP contribution in [0.2, 0.25) is 0 Å². The number of rotatable bonds is 6. The normalized spacial score (nSPS) is 14.5. The molecule has 146 valence electrons. The standard InChI is InChI=1S/C24H22N2O3/c1-29-22(15-9-3-2-4-10-15)24(28)26-21(23(25)27)20-18-13-7-5-11-16(18)17-12-6-8-14-19(17)20/h2-14,20-22H,1H3,(H2,25,27)(H,26,28)/t21-,22-/m1/s1. The van der Waals surface area contributed by atoms with Crippen LogP contribution in [0.15, 0.2) is 78.9 Å². The van der Waals surface area contributed by atoms with Crippen molar-refractivity contribution in [1.82, 2.24) is 5.32 Å². The third-order valence-corrected chi connectivity index (χ3v) is 5.40. The van der Waals surface area contributed by atoms with Crippen LogP contribution in [-0.2, 0) is 14.3 Å². The van der Waals surface area contributed by atoms with Crippen LogP contribution in [-0.4, -0.2) is 25.0 Å². The molecule has 0 aliphatic heterocycles. The minimum absolute atomic E-state index is 0.350. The quantitative estimate of drug-likeness (QED) is 0.683. The summed E-state index contributed by atoms with van der Waals surface area (Å²) in [6.45, 7) is 0. The number of carbonyl (C=O) groups excluding carboxylic acids is 2. The van der Waals surface area contributed by atoms with Crippen molar-refractivity contribution in [2.45, 2.75) is 18.1 Å². The van der Waals surface area contributed by atoms with Crippen LogP contribution >= 0.6 is 0 Å². The first-order valence-corrected chi connectivity index (χ1v) is 9.47. The van der Waals surface area contributed by atoms with E-state index in [0.29, 0.717) is 5.56 Å². The summed E-state index contributed by atoms with van der Waals surface area (Å²) in [7, 11) is 1.47. The van der Waals surface area contributed by atoms with Gasteiger partial charge in [-0.1, -0.05) is 78.9 Å². The Morgan fingerprint density at radius 2 is 1.38 bits per heavy atom. The van der Waals surface area contributed by atoms with Gasteiger partial charge in [0.15, 0.2) is 6.10 Å². The molecule has 0 saturated carbocycles. The number of hydrogen-bond donors (Lipinski definition) is 2. The minimum Gasteiger partial charge on any atom is -0.368 e. The molecule has 0 heterocycles. The Kier molecular flexibility index (Phi) is 5.14. The molecule has 1 aliphatic rings. The number of carbonyl (C=O) groups is 2. The molecular weight excluding hydrogens is 364 g/mol. The van der Waals surface area contributed by atoms with Crippen molar-refractivity contribution in [1.29, 1.82) is 0 Å². The molecule has 4 rings (SSSR count). The Morgan fingerprint density at radius 3 is 1.90 bits per heavy atom. The molecule has 2 atom stereocenters. The molecule has 3 aromatic rings. The lowest BCUT2D eigenvalue weighted by Gasteiger charge is -2.26. The van der Waals surface area contributed by atoms with Gasteiger partial charge in [-0.3, -0.25) is 9.59 Å². The molecule has 0 saturated heterocycles. The Labute approximate surface area is 169 Å².